The topological polar surface area (TPSA) is 73.3 Å². The lowest BCUT2D eigenvalue weighted by atomic mass is 10.2. The Labute approximate surface area is 109 Å². The number of carbonyl (C=O) groups is 1. The van der Waals surface area contributed by atoms with Gasteiger partial charge in [-0.2, -0.15) is 0 Å². The lowest BCUT2D eigenvalue weighted by Gasteiger charge is -2.05. The van der Waals surface area contributed by atoms with Gasteiger partial charge in [0.15, 0.2) is 11.5 Å². The Hall–Kier alpha value is -2.63. The van der Waals surface area contributed by atoms with Crippen molar-refractivity contribution in [1.29, 1.82) is 0 Å². The Bertz CT molecular complexity index is 601. The van der Waals surface area contributed by atoms with E-state index in [1.165, 1.54) is 12.5 Å². The SMILES string of the molecule is O=C(NCc1ccc2c(c1)OCO2)c1ccncn1. The molecule has 0 aliphatic carbocycles. The summed E-state index contributed by atoms with van der Waals surface area (Å²) >= 11 is 0. The number of hydrogen-bond acceptors (Lipinski definition) is 5. The molecule has 0 radical (unpaired) electrons. The smallest absolute Gasteiger partial charge is 0.270 e. The Morgan fingerprint density at radius 1 is 1.26 bits per heavy atom. The fraction of sp³-hybridized carbons (Fsp3) is 0.154. The first kappa shape index (κ1) is 11.5. The minimum Gasteiger partial charge on any atom is -0.454 e. The third kappa shape index (κ3) is 2.47. The van der Waals surface area contributed by atoms with Gasteiger partial charge in [0.1, 0.15) is 12.0 Å². The molecule has 6 heteroatoms. The second-order valence-electron chi connectivity index (χ2n) is 3.96. The maximum Gasteiger partial charge on any atom is 0.270 e. The van der Waals surface area contributed by atoms with Crippen LogP contribution >= 0.6 is 0 Å². The Balaban J connectivity index is 1.65. The zero-order valence-electron chi connectivity index (χ0n) is 10.00. The number of fused-ring (bicyclic) bond motifs is 1. The minimum absolute atomic E-state index is 0.236. The molecule has 3 rings (SSSR count). The van der Waals surface area contributed by atoms with Crippen LogP contribution in [-0.4, -0.2) is 22.7 Å². The molecule has 0 saturated carbocycles. The van der Waals surface area contributed by atoms with Crippen molar-refractivity contribution in [3.63, 3.8) is 0 Å². The number of hydrogen-bond donors (Lipinski definition) is 1. The van der Waals surface area contributed by atoms with Gasteiger partial charge in [0.05, 0.1) is 0 Å². The van der Waals surface area contributed by atoms with Crippen molar-refractivity contribution in [2.24, 2.45) is 0 Å². The van der Waals surface area contributed by atoms with Gasteiger partial charge in [-0.15, -0.1) is 0 Å². The van der Waals surface area contributed by atoms with Crippen molar-refractivity contribution in [1.82, 2.24) is 15.3 Å². The van der Waals surface area contributed by atoms with Gasteiger partial charge in [-0.05, 0) is 23.8 Å². The van der Waals surface area contributed by atoms with Crippen molar-refractivity contribution in [3.8, 4) is 11.5 Å². The van der Waals surface area contributed by atoms with Crippen LogP contribution in [0.15, 0.2) is 36.8 Å². The highest BCUT2D eigenvalue weighted by Crippen LogP contribution is 2.32. The van der Waals surface area contributed by atoms with Crippen molar-refractivity contribution in [2.75, 3.05) is 6.79 Å². The lowest BCUT2D eigenvalue weighted by Crippen LogP contribution is -2.23. The quantitative estimate of drug-likeness (QED) is 0.892. The molecule has 1 amide bonds. The first-order valence-electron chi connectivity index (χ1n) is 5.76. The first-order chi connectivity index (χ1) is 9.33. The molecule has 0 fully saturated rings. The highest BCUT2D eigenvalue weighted by atomic mass is 16.7. The Morgan fingerprint density at radius 3 is 3.00 bits per heavy atom. The summed E-state index contributed by atoms with van der Waals surface area (Å²) < 4.78 is 10.5. The predicted molar refractivity (Wildman–Crippen MR) is 65.8 cm³/mol. The van der Waals surface area contributed by atoms with Gasteiger partial charge < -0.3 is 14.8 Å². The fourth-order valence-corrected chi connectivity index (χ4v) is 1.75. The zero-order valence-corrected chi connectivity index (χ0v) is 10.00. The van der Waals surface area contributed by atoms with Crippen molar-refractivity contribution in [2.45, 2.75) is 6.54 Å². The van der Waals surface area contributed by atoms with Crippen LogP contribution < -0.4 is 14.8 Å². The van der Waals surface area contributed by atoms with Crippen molar-refractivity contribution in [3.05, 3.63) is 48.0 Å². The molecule has 6 nitrogen and oxygen atoms in total. The van der Waals surface area contributed by atoms with E-state index in [1.54, 1.807) is 6.07 Å². The van der Waals surface area contributed by atoms with E-state index in [4.69, 9.17) is 9.47 Å². The van der Waals surface area contributed by atoms with E-state index in [9.17, 15) is 4.79 Å². The molecule has 0 atom stereocenters. The molecule has 0 saturated heterocycles. The largest absolute Gasteiger partial charge is 0.454 e. The fourth-order valence-electron chi connectivity index (χ4n) is 1.75. The second-order valence-corrected chi connectivity index (χ2v) is 3.96. The Morgan fingerprint density at radius 2 is 2.16 bits per heavy atom. The molecule has 2 heterocycles. The highest BCUT2D eigenvalue weighted by molar-refractivity contribution is 5.91. The summed E-state index contributed by atoms with van der Waals surface area (Å²) in [6.07, 6.45) is 2.87. The van der Waals surface area contributed by atoms with Crippen LogP contribution in [0.2, 0.25) is 0 Å². The molecule has 0 spiro atoms. The minimum atomic E-state index is -0.236. The summed E-state index contributed by atoms with van der Waals surface area (Å²) in [5, 5.41) is 2.78. The van der Waals surface area contributed by atoms with Crippen molar-refractivity contribution < 1.29 is 14.3 Å². The van der Waals surface area contributed by atoms with Gasteiger partial charge in [-0.3, -0.25) is 4.79 Å². The third-order valence-electron chi connectivity index (χ3n) is 2.70. The Kier molecular flexibility index (Phi) is 2.97. The summed E-state index contributed by atoms with van der Waals surface area (Å²) in [4.78, 5) is 19.4. The second kappa shape index (κ2) is 4.93. The molecule has 0 unspecified atom stereocenters. The van der Waals surface area contributed by atoms with Crippen molar-refractivity contribution >= 4 is 5.91 Å². The maximum atomic E-state index is 11.8. The van der Waals surface area contributed by atoms with Gasteiger partial charge in [0.25, 0.3) is 5.91 Å². The molecule has 0 bridgehead atoms. The van der Waals surface area contributed by atoms with Crippen LogP contribution in [0.25, 0.3) is 0 Å². The van der Waals surface area contributed by atoms with E-state index in [-0.39, 0.29) is 12.7 Å². The van der Waals surface area contributed by atoms with E-state index in [0.29, 0.717) is 18.0 Å². The van der Waals surface area contributed by atoms with E-state index < -0.39 is 0 Å². The summed E-state index contributed by atoms with van der Waals surface area (Å²) in [6.45, 7) is 0.644. The average molecular weight is 257 g/mol. The van der Waals surface area contributed by atoms with Gasteiger partial charge in [0, 0.05) is 12.7 Å². The normalized spacial score (nSPS) is 12.2. The van der Waals surface area contributed by atoms with E-state index in [1.807, 2.05) is 18.2 Å². The molecule has 1 aromatic heterocycles. The number of rotatable bonds is 3. The number of benzene rings is 1. The summed E-state index contributed by atoms with van der Waals surface area (Å²) in [7, 11) is 0. The number of nitrogens with one attached hydrogen (secondary N) is 1. The van der Waals surface area contributed by atoms with Gasteiger partial charge in [-0.1, -0.05) is 6.07 Å². The van der Waals surface area contributed by atoms with Gasteiger partial charge in [0.2, 0.25) is 6.79 Å². The number of aromatic nitrogens is 2. The third-order valence-corrected chi connectivity index (χ3v) is 2.70. The number of amides is 1. The number of carbonyl (C=O) groups excluding carboxylic acids is 1. The monoisotopic (exact) mass is 257 g/mol. The van der Waals surface area contributed by atoms with Crippen LogP contribution in [0.3, 0.4) is 0 Å². The summed E-state index contributed by atoms with van der Waals surface area (Å²) in [5.74, 6) is 1.19. The van der Waals surface area contributed by atoms with Gasteiger partial charge in [-0.25, -0.2) is 9.97 Å². The molecular formula is C13H11N3O3. The predicted octanol–water partition coefficient (Wildman–Crippen LogP) is 1.14. The van der Waals surface area contributed by atoms with E-state index >= 15 is 0 Å². The van der Waals surface area contributed by atoms with Crippen LogP contribution in [0.1, 0.15) is 16.1 Å². The molecule has 1 aliphatic heterocycles. The highest BCUT2D eigenvalue weighted by Gasteiger charge is 2.13. The molecule has 1 aliphatic rings. The molecule has 1 aromatic carbocycles. The first-order valence-corrected chi connectivity index (χ1v) is 5.76. The maximum absolute atomic E-state index is 11.8. The molecular weight excluding hydrogens is 246 g/mol. The van der Waals surface area contributed by atoms with E-state index in [0.717, 1.165) is 11.3 Å². The summed E-state index contributed by atoms with van der Waals surface area (Å²) in [6, 6.07) is 7.12. The zero-order chi connectivity index (χ0) is 13.1. The van der Waals surface area contributed by atoms with Crippen LogP contribution in [0, 0.1) is 0 Å². The molecule has 2 aromatic rings. The standard InChI is InChI=1S/C13H11N3O3/c17-13(10-3-4-14-7-16-10)15-6-9-1-2-11-12(5-9)19-8-18-11/h1-5,7H,6,8H2,(H,15,17). The lowest BCUT2D eigenvalue weighted by molar-refractivity contribution is 0.0945. The number of nitrogens with zero attached hydrogens (tertiary/aromatic N) is 2. The molecule has 19 heavy (non-hydrogen) atoms. The van der Waals surface area contributed by atoms with Crippen LogP contribution in [0.5, 0.6) is 11.5 Å². The van der Waals surface area contributed by atoms with Crippen LogP contribution in [0.4, 0.5) is 0 Å². The summed E-state index contributed by atoms with van der Waals surface area (Å²) in [5.41, 5.74) is 1.28. The molecule has 1 N–H and O–H groups in total. The average Bonchev–Trinajstić information content (AvgIpc) is 2.93. The van der Waals surface area contributed by atoms with Crippen LogP contribution in [-0.2, 0) is 6.54 Å². The molecule has 96 valence electrons. The van der Waals surface area contributed by atoms with Gasteiger partial charge >= 0.3 is 0 Å². The van der Waals surface area contributed by atoms with E-state index in [2.05, 4.69) is 15.3 Å². The number of ether oxygens (including phenoxy) is 2.